The number of para-hydroxylation sites is 1. The first-order valence-corrected chi connectivity index (χ1v) is 6.08. The second-order valence-electron chi connectivity index (χ2n) is 4.57. The highest BCUT2D eigenvalue weighted by atomic mass is 19.1. The maximum absolute atomic E-state index is 14.0. The van der Waals surface area contributed by atoms with E-state index in [1.165, 1.54) is 10.6 Å². The molecule has 4 nitrogen and oxygen atoms in total. The zero-order valence-corrected chi connectivity index (χ0v) is 10.7. The molecule has 0 unspecified atom stereocenters. The number of aromatic amines is 1. The van der Waals surface area contributed by atoms with Gasteiger partial charge in [-0.3, -0.25) is 14.3 Å². The summed E-state index contributed by atoms with van der Waals surface area (Å²) >= 11 is 0. The van der Waals surface area contributed by atoms with Crippen molar-refractivity contribution in [2.75, 3.05) is 0 Å². The summed E-state index contributed by atoms with van der Waals surface area (Å²) in [5.74, 6) is -0.633. The van der Waals surface area contributed by atoms with Gasteiger partial charge in [0.2, 0.25) is 0 Å². The molecule has 0 amide bonds. The third-order valence-corrected chi connectivity index (χ3v) is 3.12. The number of hydrogen-bond acceptors (Lipinski definition) is 2. The average molecular weight is 270 g/mol. The molecule has 0 aliphatic rings. The number of rotatable bonds is 1. The molecule has 2 aromatic carbocycles. The van der Waals surface area contributed by atoms with Crippen LogP contribution in [0.1, 0.15) is 5.56 Å². The van der Waals surface area contributed by atoms with Crippen molar-refractivity contribution in [3.8, 4) is 5.69 Å². The highest BCUT2D eigenvalue weighted by Gasteiger charge is 2.13. The maximum Gasteiger partial charge on any atom is 0.333 e. The molecule has 3 aromatic rings. The van der Waals surface area contributed by atoms with Gasteiger partial charge in [-0.25, -0.2) is 9.18 Å². The molecule has 3 rings (SSSR count). The Morgan fingerprint density at radius 2 is 1.80 bits per heavy atom. The van der Waals surface area contributed by atoms with Crippen molar-refractivity contribution < 1.29 is 4.39 Å². The second-order valence-corrected chi connectivity index (χ2v) is 4.57. The first-order valence-electron chi connectivity index (χ1n) is 6.08. The van der Waals surface area contributed by atoms with Crippen LogP contribution in [0.3, 0.4) is 0 Å². The Morgan fingerprint density at radius 3 is 2.50 bits per heavy atom. The van der Waals surface area contributed by atoms with Gasteiger partial charge in [-0.15, -0.1) is 0 Å². The lowest BCUT2D eigenvalue weighted by atomic mass is 10.1. The lowest BCUT2D eigenvalue weighted by molar-refractivity contribution is 0.636. The Bertz CT molecular complexity index is 911. The van der Waals surface area contributed by atoms with E-state index in [0.717, 1.165) is 0 Å². The van der Waals surface area contributed by atoms with Crippen molar-refractivity contribution in [2.45, 2.75) is 6.92 Å². The topological polar surface area (TPSA) is 54.9 Å². The van der Waals surface area contributed by atoms with Gasteiger partial charge in [0.15, 0.2) is 0 Å². The summed E-state index contributed by atoms with van der Waals surface area (Å²) in [5.41, 5.74) is 0.185. The number of fused-ring (bicyclic) bond motifs is 1. The molecule has 100 valence electrons. The molecule has 0 atom stereocenters. The van der Waals surface area contributed by atoms with Crippen LogP contribution in [-0.2, 0) is 0 Å². The molecular formula is C15H11FN2O2. The third-order valence-electron chi connectivity index (χ3n) is 3.12. The molecule has 0 radical (unpaired) electrons. The van der Waals surface area contributed by atoms with Gasteiger partial charge in [-0.05, 0) is 36.8 Å². The molecule has 1 heterocycles. The summed E-state index contributed by atoms with van der Waals surface area (Å²) in [5, 5.41) is -0.112. The number of H-pyrrole nitrogens is 1. The third kappa shape index (κ3) is 1.84. The first kappa shape index (κ1) is 12.3. The van der Waals surface area contributed by atoms with Crippen molar-refractivity contribution >= 4 is 10.9 Å². The van der Waals surface area contributed by atoms with E-state index in [1.807, 2.05) is 6.07 Å². The molecule has 1 aromatic heterocycles. The number of halogens is 1. The van der Waals surface area contributed by atoms with Crippen LogP contribution in [0, 0.1) is 12.7 Å². The molecular weight excluding hydrogens is 259 g/mol. The van der Waals surface area contributed by atoms with Gasteiger partial charge in [0, 0.05) is 0 Å². The maximum atomic E-state index is 14.0. The molecule has 0 aliphatic carbocycles. The molecule has 0 bridgehead atoms. The Kier molecular flexibility index (Phi) is 2.75. The van der Waals surface area contributed by atoms with E-state index in [2.05, 4.69) is 4.98 Å². The number of aryl methyl sites for hydroxylation is 1. The second kappa shape index (κ2) is 4.45. The number of aromatic nitrogens is 2. The number of benzene rings is 2. The van der Waals surface area contributed by atoms with Crippen LogP contribution in [-0.4, -0.2) is 9.55 Å². The minimum Gasteiger partial charge on any atom is -0.273 e. The molecule has 1 N–H and O–H groups in total. The van der Waals surface area contributed by atoms with Gasteiger partial charge in [-0.1, -0.05) is 18.2 Å². The summed E-state index contributed by atoms with van der Waals surface area (Å²) in [4.78, 5) is 26.0. The Labute approximate surface area is 113 Å². The van der Waals surface area contributed by atoms with Gasteiger partial charge in [0.25, 0.3) is 5.56 Å². The molecule has 0 spiro atoms. The highest BCUT2D eigenvalue weighted by Crippen LogP contribution is 2.18. The van der Waals surface area contributed by atoms with E-state index in [9.17, 15) is 14.0 Å². The van der Waals surface area contributed by atoms with Gasteiger partial charge >= 0.3 is 5.69 Å². The van der Waals surface area contributed by atoms with Crippen LogP contribution in [0.4, 0.5) is 4.39 Å². The van der Waals surface area contributed by atoms with E-state index in [0.29, 0.717) is 11.3 Å². The fourth-order valence-electron chi connectivity index (χ4n) is 2.28. The number of hydrogen-bond donors (Lipinski definition) is 1. The minimum absolute atomic E-state index is 0.112. The lowest BCUT2D eigenvalue weighted by Crippen LogP contribution is -2.29. The van der Waals surface area contributed by atoms with E-state index >= 15 is 0 Å². The summed E-state index contributed by atoms with van der Waals surface area (Å²) in [6.07, 6.45) is 0. The largest absolute Gasteiger partial charge is 0.333 e. The summed E-state index contributed by atoms with van der Waals surface area (Å²) < 4.78 is 15.3. The van der Waals surface area contributed by atoms with Crippen molar-refractivity contribution in [3.63, 3.8) is 0 Å². The van der Waals surface area contributed by atoms with Crippen LogP contribution in [0.2, 0.25) is 0 Å². The van der Waals surface area contributed by atoms with Crippen LogP contribution >= 0.6 is 0 Å². The lowest BCUT2D eigenvalue weighted by Gasteiger charge is -2.10. The van der Waals surface area contributed by atoms with Gasteiger partial charge in [0.1, 0.15) is 5.82 Å². The van der Waals surface area contributed by atoms with E-state index in [-0.39, 0.29) is 10.9 Å². The smallest absolute Gasteiger partial charge is 0.273 e. The predicted octanol–water partition coefficient (Wildman–Crippen LogP) is 2.13. The fraction of sp³-hybridized carbons (Fsp3) is 0.0667. The van der Waals surface area contributed by atoms with Crippen LogP contribution < -0.4 is 11.2 Å². The molecule has 0 saturated carbocycles. The Morgan fingerprint density at radius 1 is 1.10 bits per heavy atom. The minimum atomic E-state index is -0.713. The standard InChI is InChI=1S/C15H11FN2O2/c1-9-7-11(16)13-12(8-9)18(15(20)17-14(13)19)10-5-3-2-4-6-10/h2-8H,1H3,(H,17,19,20). The quantitative estimate of drug-likeness (QED) is 0.736. The summed E-state index contributed by atoms with van der Waals surface area (Å²) in [6.45, 7) is 1.71. The van der Waals surface area contributed by atoms with Crippen molar-refractivity contribution in [3.05, 3.63) is 74.7 Å². The van der Waals surface area contributed by atoms with Crippen molar-refractivity contribution in [1.29, 1.82) is 0 Å². The normalized spacial score (nSPS) is 10.9. The van der Waals surface area contributed by atoms with Crippen molar-refractivity contribution in [2.24, 2.45) is 0 Å². The average Bonchev–Trinajstić information content (AvgIpc) is 2.38. The SMILES string of the molecule is Cc1cc(F)c2c(=O)[nH]c(=O)n(-c3ccccc3)c2c1. The predicted molar refractivity (Wildman–Crippen MR) is 74.9 cm³/mol. The van der Waals surface area contributed by atoms with E-state index in [1.54, 1.807) is 37.3 Å². The zero-order valence-electron chi connectivity index (χ0n) is 10.7. The van der Waals surface area contributed by atoms with Crippen molar-refractivity contribution in [1.82, 2.24) is 9.55 Å². The zero-order chi connectivity index (χ0) is 14.3. The van der Waals surface area contributed by atoms with Crippen LogP contribution in [0.25, 0.3) is 16.6 Å². The number of nitrogens with one attached hydrogen (secondary N) is 1. The molecule has 5 heteroatoms. The van der Waals surface area contributed by atoms with Gasteiger partial charge < -0.3 is 0 Å². The summed E-state index contributed by atoms with van der Waals surface area (Å²) in [7, 11) is 0. The van der Waals surface area contributed by atoms with Gasteiger partial charge in [0.05, 0.1) is 16.6 Å². The van der Waals surface area contributed by atoms with E-state index < -0.39 is 17.1 Å². The fourth-order valence-corrected chi connectivity index (χ4v) is 2.28. The Hall–Kier alpha value is -2.69. The summed E-state index contributed by atoms with van der Waals surface area (Å²) in [6, 6.07) is 11.7. The van der Waals surface area contributed by atoms with Crippen LogP contribution in [0.15, 0.2) is 52.1 Å². The number of nitrogens with zero attached hydrogens (tertiary/aromatic N) is 1. The first-order chi connectivity index (χ1) is 9.58. The monoisotopic (exact) mass is 270 g/mol. The molecule has 0 fully saturated rings. The van der Waals surface area contributed by atoms with Gasteiger partial charge in [-0.2, -0.15) is 0 Å². The molecule has 20 heavy (non-hydrogen) atoms. The van der Waals surface area contributed by atoms with E-state index in [4.69, 9.17) is 0 Å². The highest BCUT2D eigenvalue weighted by molar-refractivity contribution is 5.81. The molecule has 0 saturated heterocycles. The Balaban J connectivity index is 2.56. The van der Waals surface area contributed by atoms with Crippen LogP contribution in [0.5, 0.6) is 0 Å². The molecule has 0 aliphatic heterocycles.